The molecule has 4 aromatic rings. The molecule has 0 aliphatic heterocycles. The van der Waals surface area contributed by atoms with Crippen molar-refractivity contribution in [2.75, 3.05) is 6.61 Å². The van der Waals surface area contributed by atoms with Crippen LogP contribution in [0.2, 0.25) is 10.0 Å². The zero-order valence-corrected chi connectivity index (χ0v) is 21.3. The number of carbonyl (C=O) groups excluding carboxylic acids is 1. The van der Waals surface area contributed by atoms with Crippen LogP contribution in [0.4, 0.5) is 0 Å². The van der Waals surface area contributed by atoms with Crippen molar-refractivity contribution in [3.8, 4) is 0 Å². The van der Waals surface area contributed by atoms with E-state index >= 15 is 0 Å². The Morgan fingerprint density at radius 1 is 1.14 bits per heavy atom. The predicted molar refractivity (Wildman–Crippen MR) is 136 cm³/mol. The monoisotopic (exact) mass is 547 g/mol. The quantitative estimate of drug-likeness (QED) is 0.226. The second-order valence-corrected chi connectivity index (χ2v) is 10.3. The summed E-state index contributed by atoms with van der Waals surface area (Å²) in [5.74, 6) is -2.37. The second kappa shape index (κ2) is 9.85. The van der Waals surface area contributed by atoms with Crippen LogP contribution < -0.4 is 0 Å². The Balaban J connectivity index is 2.19. The van der Waals surface area contributed by atoms with Crippen molar-refractivity contribution < 1.29 is 32.3 Å². The largest absolute Gasteiger partial charge is 0.478 e. The van der Waals surface area contributed by atoms with Gasteiger partial charge in [-0.15, -0.1) is 0 Å². The molecule has 1 N–H and O–H groups in total. The van der Waals surface area contributed by atoms with Gasteiger partial charge in [0.25, 0.3) is 10.0 Å². The number of aryl methyl sites for hydroxylation is 1. The summed E-state index contributed by atoms with van der Waals surface area (Å²) in [6.07, 6.45) is 2.42. The summed E-state index contributed by atoms with van der Waals surface area (Å²) >= 11 is 12.7. The number of aromatic nitrogens is 1. The number of carboxylic acid groups (broad SMARTS) is 1. The van der Waals surface area contributed by atoms with E-state index in [9.17, 15) is 23.1 Å². The molecule has 36 heavy (non-hydrogen) atoms. The number of halogens is 2. The molecule has 0 spiro atoms. The standard InChI is InChI=1S/C25H19Cl2NO7S/c1-3-34-25(31)23-18(13-17(24(29)30)21-5-4-10-35-21)22-19(27)11-15(26)12-20(22)28(23)36(32,33)16-8-6-14(2)7-9-16/h4-13H,3H2,1-2H3,(H,29,30)/b17-13+. The fraction of sp³-hybridized carbons (Fsp3) is 0.120. The second-order valence-electron chi connectivity index (χ2n) is 7.69. The van der Waals surface area contributed by atoms with Gasteiger partial charge in [0.15, 0.2) is 5.69 Å². The molecule has 0 aliphatic carbocycles. The van der Waals surface area contributed by atoms with Gasteiger partial charge in [0.05, 0.1) is 28.3 Å². The minimum absolute atomic E-state index is 0.00955. The number of carboxylic acids is 1. The highest BCUT2D eigenvalue weighted by atomic mass is 35.5. The van der Waals surface area contributed by atoms with Crippen LogP contribution in [-0.2, 0) is 19.6 Å². The number of nitrogens with zero attached hydrogens (tertiary/aromatic N) is 1. The van der Waals surface area contributed by atoms with Gasteiger partial charge >= 0.3 is 11.9 Å². The Morgan fingerprint density at radius 3 is 2.42 bits per heavy atom. The third kappa shape index (κ3) is 4.53. The molecule has 4 rings (SSSR count). The lowest BCUT2D eigenvalue weighted by molar-refractivity contribution is -0.130. The van der Waals surface area contributed by atoms with Crippen LogP contribution in [-0.4, -0.2) is 36.0 Å². The average molecular weight is 548 g/mol. The minimum Gasteiger partial charge on any atom is -0.478 e. The zero-order chi connectivity index (χ0) is 26.2. The number of ether oxygens (including phenoxy) is 1. The molecule has 2 heterocycles. The summed E-state index contributed by atoms with van der Waals surface area (Å²) in [6, 6.07) is 11.7. The Labute approximate surface area is 216 Å². The summed E-state index contributed by atoms with van der Waals surface area (Å²) in [5, 5.41) is 10.1. The highest BCUT2D eigenvalue weighted by Gasteiger charge is 2.33. The molecule has 2 aromatic heterocycles. The number of esters is 1. The molecule has 0 fully saturated rings. The van der Waals surface area contributed by atoms with Crippen LogP contribution in [0.25, 0.3) is 22.6 Å². The molecule has 0 saturated carbocycles. The maximum atomic E-state index is 13.9. The molecule has 0 saturated heterocycles. The van der Waals surface area contributed by atoms with Gasteiger partial charge in [0.1, 0.15) is 11.3 Å². The van der Waals surface area contributed by atoms with Gasteiger partial charge < -0.3 is 14.3 Å². The van der Waals surface area contributed by atoms with Crippen LogP contribution in [0, 0.1) is 6.92 Å². The van der Waals surface area contributed by atoms with Crippen molar-refractivity contribution in [1.82, 2.24) is 3.97 Å². The summed E-state index contributed by atoms with van der Waals surface area (Å²) in [6.45, 7) is 3.30. The van der Waals surface area contributed by atoms with Crippen molar-refractivity contribution >= 4 is 67.7 Å². The summed E-state index contributed by atoms with van der Waals surface area (Å²) in [7, 11) is -4.40. The number of hydrogen-bond donors (Lipinski definition) is 1. The first kappa shape index (κ1) is 25.6. The van der Waals surface area contributed by atoms with Gasteiger partial charge in [-0.05, 0) is 56.3 Å². The molecule has 186 valence electrons. The van der Waals surface area contributed by atoms with Crippen molar-refractivity contribution in [2.45, 2.75) is 18.7 Å². The Hall–Kier alpha value is -3.53. The molecule has 2 aromatic carbocycles. The predicted octanol–water partition coefficient (Wildman–Crippen LogP) is 5.89. The number of rotatable bonds is 7. The topological polar surface area (TPSA) is 116 Å². The molecule has 11 heteroatoms. The van der Waals surface area contributed by atoms with Gasteiger partial charge in [-0.1, -0.05) is 40.9 Å². The normalized spacial score (nSPS) is 12.2. The van der Waals surface area contributed by atoms with Gasteiger partial charge in [-0.3, -0.25) is 0 Å². The lowest BCUT2D eigenvalue weighted by Crippen LogP contribution is -2.20. The third-order valence-electron chi connectivity index (χ3n) is 5.31. The van der Waals surface area contributed by atoms with E-state index in [4.69, 9.17) is 32.4 Å². The van der Waals surface area contributed by atoms with Crippen LogP contribution in [0.15, 0.2) is 64.1 Å². The lowest BCUT2D eigenvalue weighted by atomic mass is 10.1. The first-order valence-corrected chi connectivity index (χ1v) is 12.8. The molecule has 0 amide bonds. The molecular formula is C25H19Cl2NO7S. The van der Waals surface area contributed by atoms with E-state index in [1.54, 1.807) is 26.0 Å². The fourth-order valence-corrected chi connectivity index (χ4v) is 5.84. The number of carbonyl (C=O) groups is 2. The maximum absolute atomic E-state index is 13.9. The zero-order valence-electron chi connectivity index (χ0n) is 19.0. The molecular weight excluding hydrogens is 529 g/mol. The van der Waals surface area contributed by atoms with E-state index in [1.165, 1.54) is 42.7 Å². The first-order chi connectivity index (χ1) is 17.1. The molecule has 8 nitrogen and oxygen atoms in total. The summed E-state index contributed by atoms with van der Waals surface area (Å²) in [4.78, 5) is 25.3. The van der Waals surface area contributed by atoms with E-state index < -0.39 is 27.7 Å². The van der Waals surface area contributed by atoms with Crippen LogP contribution in [0.5, 0.6) is 0 Å². The van der Waals surface area contributed by atoms with E-state index in [0.717, 1.165) is 15.6 Å². The number of aliphatic carboxylic acids is 1. The van der Waals surface area contributed by atoms with Crippen molar-refractivity contribution in [3.63, 3.8) is 0 Å². The molecule has 0 unspecified atom stereocenters. The maximum Gasteiger partial charge on any atom is 0.356 e. The fourth-order valence-electron chi connectivity index (χ4n) is 3.75. The van der Waals surface area contributed by atoms with Crippen LogP contribution in [0.3, 0.4) is 0 Å². The number of hydrogen-bond acceptors (Lipinski definition) is 6. The van der Waals surface area contributed by atoms with Gasteiger partial charge in [0.2, 0.25) is 0 Å². The Morgan fingerprint density at radius 2 is 1.83 bits per heavy atom. The van der Waals surface area contributed by atoms with E-state index in [-0.39, 0.29) is 49.3 Å². The summed E-state index contributed by atoms with van der Waals surface area (Å²) in [5.41, 5.74) is -0.0254. The first-order valence-electron chi connectivity index (χ1n) is 10.6. The third-order valence-corrected chi connectivity index (χ3v) is 7.56. The smallest absolute Gasteiger partial charge is 0.356 e. The number of furan rings is 1. The number of benzene rings is 2. The van der Waals surface area contributed by atoms with Crippen LogP contribution >= 0.6 is 23.2 Å². The average Bonchev–Trinajstić information content (AvgIpc) is 3.44. The van der Waals surface area contributed by atoms with Gasteiger partial charge in [-0.2, -0.15) is 0 Å². The molecule has 0 aliphatic rings. The Kier molecular flexibility index (Phi) is 6.99. The van der Waals surface area contributed by atoms with E-state index in [1.807, 2.05) is 0 Å². The number of fused-ring (bicyclic) bond motifs is 1. The molecule has 0 radical (unpaired) electrons. The lowest BCUT2D eigenvalue weighted by Gasteiger charge is -2.12. The SMILES string of the molecule is CCOC(=O)c1c(/C=C(/C(=O)O)c2ccco2)c2c(Cl)cc(Cl)cc2n1S(=O)(=O)c1ccc(C)cc1. The molecule has 0 bridgehead atoms. The Bertz CT molecular complexity index is 1620. The highest BCUT2D eigenvalue weighted by molar-refractivity contribution is 7.90. The van der Waals surface area contributed by atoms with Crippen molar-refractivity contribution in [1.29, 1.82) is 0 Å². The minimum atomic E-state index is -4.40. The van der Waals surface area contributed by atoms with Crippen LogP contribution in [0.1, 0.15) is 34.3 Å². The van der Waals surface area contributed by atoms with Gasteiger partial charge in [-0.25, -0.2) is 22.0 Å². The van der Waals surface area contributed by atoms with E-state index in [0.29, 0.717) is 0 Å². The van der Waals surface area contributed by atoms with Gasteiger partial charge in [0, 0.05) is 16.0 Å². The van der Waals surface area contributed by atoms with E-state index in [2.05, 4.69) is 0 Å². The highest BCUT2D eigenvalue weighted by Crippen LogP contribution is 2.39. The molecule has 0 atom stereocenters. The van der Waals surface area contributed by atoms with Crippen molar-refractivity contribution in [2.24, 2.45) is 0 Å². The van der Waals surface area contributed by atoms with Crippen molar-refractivity contribution in [3.05, 3.63) is 87.4 Å². The summed E-state index contributed by atoms with van der Waals surface area (Å²) < 4.78 is 39.0.